The molecule has 0 radical (unpaired) electrons. The molecule has 2 rings (SSSR count). The zero-order chi connectivity index (χ0) is 15.2. The number of nitrogens with one attached hydrogen (secondary N) is 2. The lowest BCUT2D eigenvalue weighted by Crippen LogP contribution is -2.18. The first-order valence-corrected chi connectivity index (χ1v) is 6.75. The van der Waals surface area contributed by atoms with Crippen LogP contribution in [0.1, 0.15) is 31.0 Å². The van der Waals surface area contributed by atoms with E-state index in [4.69, 9.17) is 0 Å². The number of anilines is 1. The molecule has 110 valence electrons. The van der Waals surface area contributed by atoms with Gasteiger partial charge in [0.2, 0.25) is 5.91 Å². The van der Waals surface area contributed by atoms with Crippen molar-refractivity contribution in [2.45, 2.75) is 26.4 Å². The molecule has 0 fully saturated rings. The van der Waals surface area contributed by atoms with E-state index in [-0.39, 0.29) is 17.8 Å². The van der Waals surface area contributed by atoms with Crippen LogP contribution in [0.2, 0.25) is 0 Å². The molecule has 2 aromatic rings. The maximum absolute atomic E-state index is 13.1. The fourth-order valence-electron chi connectivity index (χ4n) is 2.03. The molecule has 0 aliphatic carbocycles. The predicted molar refractivity (Wildman–Crippen MR) is 80.2 cm³/mol. The van der Waals surface area contributed by atoms with Crippen LogP contribution in [-0.4, -0.2) is 10.9 Å². The van der Waals surface area contributed by atoms with E-state index in [0.717, 1.165) is 16.8 Å². The van der Waals surface area contributed by atoms with Crippen molar-refractivity contribution in [2.75, 3.05) is 5.32 Å². The second-order valence-electron chi connectivity index (χ2n) is 4.92. The first kappa shape index (κ1) is 15.1. The van der Waals surface area contributed by atoms with Gasteiger partial charge in [0.05, 0.1) is 6.20 Å². The average molecular weight is 287 g/mol. The van der Waals surface area contributed by atoms with Gasteiger partial charge in [-0.05, 0) is 36.2 Å². The van der Waals surface area contributed by atoms with Crippen molar-refractivity contribution in [2.24, 2.45) is 0 Å². The molecule has 1 atom stereocenters. The van der Waals surface area contributed by atoms with Crippen molar-refractivity contribution in [1.82, 2.24) is 10.3 Å². The van der Waals surface area contributed by atoms with E-state index in [1.807, 2.05) is 31.2 Å². The Morgan fingerprint density at radius 3 is 2.86 bits per heavy atom. The third kappa shape index (κ3) is 4.65. The molecule has 1 aromatic heterocycles. The number of pyridine rings is 1. The van der Waals surface area contributed by atoms with E-state index in [0.29, 0.717) is 6.54 Å². The van der Waals surface area contributed by atoms with E-state index >= 15 is 0 Å². The minimum absolute atomic E-state index is 0.0713. The topological polar surface area (TPSA) is 54.0 Å². The van der Waals surface area contributed by atoms with E-state index < -0.39 is 0 Å². The Morgan fingerprint density at radius 1 is 1.33 bits per heavy atom. The Kier molecular flexibility index (Phi) is 5.00. The number of carbonyl (C=O) groups is 1. The van der Waals surface area contributed by atoms with Gasteiger partial charge in [-0.1, -0.05) is 12.1 Å². The molecule has 1 amide bonds. The smallest absolute Gasteiger partial charge is 0.221 e. The van der Waals surface area contributed by atoms with Gasteiger partial charge in [0.15, 0.2) is 0 Å². The molecular formula is C16H18FN3O. The molecular weight excluding hydrogens is 269 g/mol. The Morgan fingerprint density at radius 2 is 2.14 bits per heavy atom. The zero-order valence-electron chi connectivity index (χ0n) is 12.1. The Bertz CT molecular complexity index is 630. The molecule has 4 nitrogen and oxygen atoms in total. The summed E-state index contributed by atoms with van der Waals surface area (Å²) in [5.74, 6) is -0.437. The van der Waals surface area contributed by atoms with E-state index in [1.54, 1.807) is 6.20 Å². The number of amides is 1. The monoisotopic (exact) mass is 287 g/mol. The summed E-state index contributed by atoms with van der Waals surface area (Å²) in [4.78, 5) is 14.9. The maximum Gasteiger partial charge on any atom is 0.221 e. The number of hydrogen-bond donors (Lipinski definition) is 2. The Balaban J connectivity index is 1.99. The molecule has 1 aromatic carbocycles. The Hall–Kier alpha value is -2.27. The molecule has 2 N–H and O–H groups in total. The van der Waals surface area contributed by atoms with Crippen LogP contribution in [0.3, 0.4) is 0 Å². The van der Waals surface area contributed by atoms with Crippen LogP contribution in [0.15, 0.2) is 42.7 Å². The van der Waals surface area contributed by atoms with Crippen molar-refractivity contribution in [1.29, 1.82) is 0 Å². The van der Waals surface area contributed by atoms with Gasteiger partial charge < -0.3 is 10.6 Å². The van der Waals surface area contributed by atoms with Crippen molar-refractivity contribution < 1.29 is 9.18 Å². The summed E-state index contributed by atoms with van der Waals surface area (Å²) >= 11 is 0. The van der Waals surface area contributed by atoms with Crippen molar-refractivity contribution in [3.05, 3.63) is 59.7 Å². The number of nitrogens with zero attached hydrogens (tertiary/aromatic N) is 1. The van der Waals surface area contributed by atoms with Gasteiger partial charge in [-0.3, -0.25) is 9.78 Å². The Labute approximate surface area is 123 Å². The summed E-state index contributed by atoms with van der Waals surface area (Å²) in [7, 11) is 0. The van der Waals surface area contributed by atoms with Crippen molar-refractivity contribution >= 4 is 11.6 Å². The predicted octanol–water partition coefficient (Wildman–Crippen LogP) is 3.03. The van der Waals surface area contributed by atoms with Crippen LogP contribution in [-0.2, 0) is 11.3 Å². The molecule has 0 saturated carbocycles. The molecule has 0 aliphatic heterocycles. The highest BCUT2D eigenvalue weighted by atomic mass is 19.1. The minimum atomic E-state index is -0.338. The summed E-state index contributed by atoms with van der Waals surface area (Å²) in [6.45, 7) is 4.02. The lowest BCUT2D eigenvalue weighted by Gasteiger charge is -2.15. The normalized spacial score (nSPS) is 12.0. The third-order valence-electron chi connectivity index (χ3n) is 3.08. The van der Waals surface area contributed by atoms with Crippen molar-refractivity contribution in [3.8, 4) is 0 Å². The number of hydrogen-bond acceptors (Lipinski definition) is 3. The third-order valence-corrected chi connectivity index (χ3v) is 3.08. The summed E-state index contributed by atoms with van der Waals surface area (Å²) in [6.07, 6.45) is 2.82. The van der Waals surface area contributed by atoms with Gasteiger partial charge >= 0.3 is 0 Å². The van der Waals surface area contributed by atoms with E-state index in [1.165, 1.54) is 19.2 Å². The molecule has 5 heteroatoms. The zero-order valence-corrected chi connectivity index (χ0v) is 12.1. The minimum Gasteiger partial charge on any atom is -0.326 e. The second kappa shape index (κ2) is 6.95. The molecule has 0 bridgehead atoms. The summed E-state index contributed by atoms with van der Waals surface area (Å²) < 4.78 is 13.1. The van der Waals surface area contributed by atoms with E-state index in [2.05, 4.69) is 15.6 Å². The van der Waals surface area contributed by atoms with Crippen molar-refractivity contribution in [3.63, 3.8) is 0 Å². The maximum atomic E-state index is 13.1. The van der Waals surface area contributed by atoms with Gasteiger partial charge in [0, 0.05) is 31.4 Å². The molecule has 0 spiro atoms. The summed E-state index contributed by atoms with van der Waals surface area (Å²) in [6, 6.07) is 9.16. The summed E-state index contributed by atoms with van der Waals surface area (Å²) in [5, 5.41) is 6.06. The van der Waals surface area contributed by atoms with E-state index in [9.17, 15) is 9.18 Å². The number of rotatable bonds is 5. The average Bonchev–Trinajstić information content (AvgIpc) is 2.44. The number of halogens is 1. The van der Waals surface area contributed by atoms with Crippen LogP contribution in [0.5, 0.6) is 0 Å². The quantitative estimate of drug-likeness (QED) is 0.888. The van der Waals surface area contributed by atoms with Crippen LogP contribution < -0.4 is 10.6 Å². The fourth-order valence-corrected chi connectivity index (χ4v) is 2.03. The first-order chi connectivity index (χ1) is 10.0. The van der Waals surface area contributed by atoms with Crippen LogP contribution in [0.4, 0.5) is 10.1 Å². The van der Waals surface area contributed by atoms with Gasteiger partial charge in [-0.25, -0.2) is 4.39 Å². The number of aromatic nitrogens is 1. The summed E-state index contributed by atoms with van der Waals surface area (Å²) in [5.41, 5.74) is 2.60. The number of carbonyl (C=O) groups excluding carboxylic acids is 1. The van der Waals surface area contributed by atoms with Gasteiger partial charge in [-0.15, -0.1) is 0 Å². The second-order valence-corrected chi connectivity index (χ2v) is 4.92. The highest BCUT2D eigenvalue weighted by Gasteiger charge is 2.07. The lowest BCUT2D eigenvalue weighted by atomic mass is 10.1. The van der Waals surface area contributed by atoms with Gasteiger partial charge in [0.25, 0.3) is 0 Å². The fraction of sp³-hybridized carbons (Fsp3) is 0.250. The standard InChI is InChI=1S/C16H18FN3O/c1-11(19-9-13-6-15(17)10-18-8-13)14-4-3-5-16(7-14)20-12(2)21/h3-8,10-11,19H,9H2,1-2H3,(H,20,21). The SMILES string of the molecule is CC(=O)Nc1cccc(C(C)NCc2cncc(F)c2)c1. The van der Waals surface area contributed by atoms with Crippen LogP contribution >= 0.6 is 0 Å². The largest absolute Gasteiger partial charge is 0.326 e. The molecule has 1 heterocycles. The highest BCUT2D eigenvalue weighted by molar-refractivity contribution is 5.88. The molecule has 21 heavy (non-hydrogen) atoms. The van der Waals surface area contributed by atoms with Gasteiger partial charge in [0.1, 0.15) is 5.82 Å². The van der Waals surface area contributed by atoms with Gasteiger partial charge in [-0.2, -0.15) is 0 Å². The van der Waals surface area contributed by atoms with Crippen LogP contribution in [0, 0.1) is 5.82 Å². The van der Waals surface area contributed by atoms with Crippen LogP contribution in [0.25, 0.3) is 0 Å². The lowest BCUT2D eigenvalue weighted by molar-refractivity contribution is -0.114. The molecule has 1 unspecified atom stereocenters. The molecule has 0 saturated heterocycles. The highest BCUT2D eigenvalue weighted by Crippen LogP contribution is 2.18. The molecule has 0 aliphatic rings. The number of benzene rings is 1. The first-order valence-electron chi connectivity index (χ1n) is 6.75.